The van der Waals surface area contributed by atoms with Gasteiger partial charge in [-0.2, -0.15) is 0 Å². The zero-order valence-electron chi connectivity index (χ0n) is 23.5. The molecular weight excluding hydrogens is 525 g/mol. The van der Waals surface area contributed by atoms with E-state index in [1.807, 2.05) is 6.92 Å². The lowest BCUT2D eigenvalue weighted by atomic mass is 9.96. The number of fused-ring (bicyclic) bond motifs is 1. The van der Waals surface area contributed by atoms with Gasteiger partial charge in [0.2, 0.25) is 7.44 Å². The summed E-state index contributed by atoms with van der Waals surface area (Å²) in [6.45, 7) is 9.25. The van der Waals surface area contributed by atoms with Crippen LogP contribution in [-0.4, -0.2) is 68.2 Å². The molecule has 14 heteroatoms. The monoisotopic (exact) mass is 567 g/mol. The largest absolute Gasteiger partial charge is 0.464 e. The van der Waals surface area contributed by atoms with Crippen LogP contribution in [-0.2, 0) is 34.9 Å². The van der Waals surface area contributed by atoms with Gasteiger partial charge >= 0.3 is 11.9 Å². The fourth-order valence-corrected chi connectivity index (χ4v) is 6.40. The van der Waals surface area contributed by atoms with Crippen LogP contribution in [0.4, 0.5) is 5.82 Å². The first kappa shape index (κ1) is 30.9. The molecule has 4 N–H and O–H groups in total. The molecule has 1 fully saturated rings. The van der Waals surface area contributed by atoms with Crippen LogP contribution in [0.15, 0.2) is 12.7 Å². The van der Waals surface area contributed by atoms with Gasteiger partial charge in [-0.05, 0) is 53.4 Å². The number of imidazole rings is 1. The molecule has 0 saturated heterocycles. The van der Waals surface area contributed by atoms with Crippen molar-refractivity contribution < 1.29 is 28.4 Å². The van der Waals surface area contributed by atoms with Gasteiger partial charge in [0.1, 0.15) is 35.9 Å². The summed E-state index contributed by atoms with van der Waals surface area (Å²) >= 11 is 0. The van der Waals surface area contributed by atoms with Gasteiger partial charge in [0, 0.05) is 0 Å². The van der Waals surface area contributed by atoms with Crippen LogP contribution >= 0.6 is 7.44 Å². The van der Waals surface area contributed by atoms with Gasteiger partial charge in [-0.25, -0.2) is 25.1 Å². The number of hydrogen-bond donors (Lipinski definition) is 3. The Morgan fingerprint density at radius 1 is 1.23 bits per heavy atom. The van der Waals surface area contributed by atoms with E-state index in [1.54, 1.807) is 31.7 Å². The molecule has 0 aromatic carbocycles. The highest BCUT2D eigenvalue weighted by molar-refractivity contribution is 7.59. The van der Waals surface area contributed by atoms with Crippen molar-refractivity contribution in [1.82, 2.24) is 29.7 Å². The van der Waals surface area contributed by atoms with E-state index >= 15 is 0 Å². The van der Waals surface area contributed by atoms with E-state index < -0.39 is 37.1 Å². The second-order valence-electron chi connectivity index (χ2n) is 10.6. The molecule has 218 valence electrons. The summed E-state index contributed by atoms with van der Waals surface area (Å²) in [5.41, 5.74) is 5.59. The minimum absolute atomic E-state index is 0.109. The molecule has 39 heavy (non-hydrogen) atoms. The van der Waals surface area contributed by atoms with E-state index in [2.05, 4.69) is 32.1 Å². The van der Waals surface area contributed by atoms with Crippen LogP contribution in [0.1, 0.15) is 73.1 Å². The number of carbonyl (C=O) groups is 2. The number of unbranched alkanes of at least 4 members (excludes halogenated alkanes) is 2. The lowest BCUT2D eigenvalue weighted by Crippen LogP contribution is -2.50. The van der Waals surface area contributed by atoms with E-state index in [9.17, 15) is 14.2 Å². The van der Waals surface area contributed by atoms with Gasteiger partial charge in [-0.15, -0.1) is 0 Å². The first-order valence-electron chi connectivity index (χ1n) is 13.5. The maximum atomic E-state index is 14.1. The Morgan fingerprint density at radius 3 is 2.64 bits per heavy atom. The number of nitrogens with zero attached hydrogens (tertiary/aromatic N) is 4. The summed E-state index contributed by atoms with van der Waals surface area (Å²) in [5.74, 6) is -0.769. The number of ether oxygens (including phenoxy) is 3. The van der Waals surface area contributed by atoms with E-state index in [1.165, 1.54) is 6.33 Å². The molecule has 1 aliphatic rings. The number of anilines is 1. The minimum Gasteiger partial charge on any atom is -0.464 e. The molecule has 0 unspecified atom stereocenters. The van der Waals surface area contributed by atoms with Crippen LogP contribution in [0.5, 0.6) is 0 Å². The van der Waals surface area contributed by atoms with Gasteiger partial charge < -0.3 is 24.5 Å². The first-order chi connectivity index (χ1) is 18.4. The summed E-state index contributed by atoms with van der Waals surface area (Å²) in [5, 5.41) is 5.78. The summed E-state index contributed by atoms with van der Waals surface area (Å²) < 4.78 is 32.8. The van der Waals surface area contributed by atoms with Crippen molar-refractivity contribution in [2.24, 2.45) is 0 Å². The van der Waals surface area contributed by atoms with Crippen molar-refractivity contribution in [2.45, 2.75) is 103 Å². The number of hydrogen-bond acceptors (Lipinski definition) is 10. The SMILES string of the molecule is CCCCCOC(=O)C(C)(C)N[P@@](=O)(CO[C@H](C)Cn1cnc2c(N)ncnc21)N[C@H](C)C(=O)OC1CCC1. The highest BCUT2D eigenvalue weighted by Gasteiger charge is 2.39. The topological polar surface area (TPSA) is 173 Å². The van der Waals surface area contributed by atoms with Gasteiger partial charge in [-0.1, -0.05) is 19.8 Å². The third kappa shape index (κ3) is 8.69. The molecule has 0 aliphatic heterocycles. The van der Waals surface area contributed by atoms with Crippen molar-refractivity contribution >= 4 is 36.4 Å². The fraction of sp³-hybridized carbons (Fsp3) is 0.720. The van der Waals surface area contributed by atoms with Gasteiger partial charge in [0.25, 0.3) is 0 Å². The number of carbonyl (C=O) groups excluding carboxylic acids is 2. The Balaban J connectivity index is 1.68. The Kier molecular flexibility index (Phi) is 10.8. The van der Waals surface area contributed by atoms with E-state index in [-0.39, 0.29) is 24.9 Å². The lowest BCUT2D eigenvalue weighted by molar-refractivity contribution is -0.154. The zero-order chi connectivity index (χ0) is 28.6. The molecule has 0 bridgehead atoms. The molecule has 2 aromatic rings. The average molecular weight is 568 g/mol. The maximum absolute atomic E-state index is 14.1. The van der Waals surface area contributed by atoms with Crippen molar-refractivity contribution in [3.63, 3.8) is 0 Å². The van der Waals surface area contributed by atoms with Crippen LogP contribution in [0, 0.1) is 0 Å². The molecule has 0 radical (unpaired) electrons. The number of rotatable bonds is 16. The standard InChI is InChI=1S/C25H42N7O6P/c1-6-7-8-12-36-24(34)25(4,5)31-39(35,30-18(3)23(33)38-19-10-9-11-19)16-37-17(2)13-32-15-29-20-21(26)27-14-28-22(20)32/h14-15,17-19H,6-13,16H2,1-5H3,(H2,26,27,28)(H2,30,31,35)/t17-,18-,39-/m1/s1. The molecule has 1 saturated carbocycles. The molecule has 0 amide bonds. The predicted molar refractivity (Wildman–Crippen MR) is 147 cm³/mol. The van der Waals surface area contributed by atoms with Crippen molar-refractivity contribution in [1.29, 1.82) is 0 Å². The molecule has 2 heterocycles. The third-order valence-electron chi connectivity index (χ3n) is 6.47. The fourth-order valence-electron chi connectivity index (χ4n) is 4.01. The van der Waals surface area contributed by atoms with Gasteiger partial charge in [0.05, 0.1) is 25.6 Å². The summed E-state index contributed by atoms with van der Waals surface area (Å²) in [4.78, 5) is 37.9. The molecule has 13 nitrogen and oxygen atoms in total. The first-order valence-corrected chi connectivity index (χ1v) is 15.4. The Morgan fingerprint density at radius 2 is 1.97 bits per heavy atom. The minimum atomic E-state index is -3.68. The molecule has 0 spiro atoms. The summed E-state index contributed by atoms with van der Waals surface area (Å²) in [6, 6.07) is -0.892. The highest BCUT2D eigenvalue weighted by Crippen LogP contribution is 2.40. The molecular formula is C25H42N7O6P. The Hall–Kier alpha value is -2.60. The highest BCUT2D eigenvalue weighted by atomic mass is 31.2. The Labute approximate surface area is 229 Å². The number of aromatic nitrogens is 4. The van der Waals surface area contributed by atoms with Crippen LogP contribution in [0.2, 0.25) is 0 Å². The van der Waals surface area contributed by atoms with Crippen LogP contribution in [0.25, 0.3) is 11.2 Å². The Bertz CT molecular complexity index is 1170. The van der Waals surface area contributed by atoms with E-state index in [0.717, 1.165) is 38.5 Å². The summed E-state index contributed by atoms with van der Waals surface area (Å²) in [6.07, 6.45) is 7.46. The quantitative estimate of drug-likeness (QED) is 0.154. The second kappa shape index (κ2) is 13.6. The lowest BCUT2D eigenvalue weighted by Gasteiger charge is -2.33. The number of nitrogens with two attached hydrogens (primary N) is 1. The number of nitrogens with one attached hydrogen (secondary N) is 2. The van der Waals surface area contributed by atoms with Crippen LogP contribution < -0.4 is 15.9 Å². The average Bonchev–Trinajstić information content (AvgIpc) is 3.26. The molecule has 3 atom stereocenters. The van der Waals surface area contributed by atoms with E-state index in [4.69, 9.17) is 19.9 Å². The third-order valence-corrected chi connectivity index (χ3v) is 8.70. The summed E-state index contributed by atoms with van der Waals surface area (Å²) in [7, 11) is -3.68. The predicted octanol–water partition coefficient (Wildman–Crippen LogP) is 3.14. The maximum Gasteiger partial charge on any atom is 0.326 e. The molecule has 3 rings (SSSR count). The van der Waals surface area contributed by atoms with Crippen molar-refractivity contribution in [2.75, 3.05) is 18.7 Å². The van der Waals surface area contributed by atoms with E-state index in [0.29, 0.717) is 17.7 Å². The zero-order valence-corrected chi connectivity index (χ0v) is 24.4. The van der Waals surface area contributed by atoms with Crippen LogP contribution in [0.3, 0.4) is 0 Å². The van der Waals surface area contributed by atoms with Gasteiger partial charge in [0.15, 0.2) is 11.5 Å². The number of esters is 2. The molecule has 2 aromatic heterocycles. The van der Waals surface area contributed by atoms with Crippen molar-refractivity contribution in [3.05, 3.63) is 12.7 Å². The molecule has 1 aliphatic carbocycles. The van der Waals surface area contributed by atoms with Gasteiger partial charge in [-0.3, -0.25) is 14.2 Å². The number of nitrogen functional groups attached to an aromatic ring is 1. The normalized spacial score (nSPS) is 17.3. The van der Waals surface area contributed by atoms with Crippen molar-refractivity contribution in [3.8, 4) is 0 Å². The smallest absolute Gasteiger partial charge is 0.326 e. The second-order valence-corrected chi connectivity index (χ2v) is 12.8.